The van der Waals surface area contributed by atoms with Gasteiger partial charge in [0.2, 0.25) is 12.7 Å². The number of ether oxygens (including phenoxy) is 2. The fraction of sp³-hybridized carbons (Fsp3) is 0.737. The van der Waals surface area contributed by atoms with Crippen molar-refractivity contribution in [2.75, 3.05) is 6.79 Å². The lowest BCUT2D eigenvalue weighted by atomic mass is 9.43. The zero-order valence-corrected chi connectivity index (χ0v) is 29.1. The Hall–Kier alpha value is -3.02. The third-order valence-electron chi connectivity index (χ3n) is 13.6. The second-order valence-electron chi connectivity index (χ2n) is 16.0. The summed E-state index contributed by atoms with van der Waals surface area (Å²) in [4.78, 5) is 48.0. The molecule has 1 aromatic carbocycles. The Morgan fingerprint density at radius 2 is 1.65 bits per heavy atom. The maximum atomic E-state index is 12.6. The number of carboxylic acids is 1. The van der Waals surface area contributed by atoms with E-state index in [4.69, 9.17) is 14.7 Å². The van der Waals surface area contributed by atoms with E-state index in [-0.39, 0.29) is 60.2 Å². The minimum absolute atomic E-state index is 0.0475. The molecule has 5 rings (SSSR count). The Morgan fingerprint density at radius 1 is 0.918 bits per heavy atom. The van der Waals surface area contributed by atoms with Crippen LogP contribution in [0.15, 0.2) is 24.3 Å². The Kier molecular flexibility index (Phi) is 11.8. The Bertz CT molecular complexity index is 1350. The van der Waals surface area contributed by atoms with Crippen LogP contribution in [0.5, 0.6) is 0 Å². The molecule has 0 bridgehead atoms. The van der Waals surface area contributed by atoms with Gasteiger partial charge in [-0.3, -0.25) is 19.6 Å². The number of hydrogen-bond acceptors (Lipinski definition) is 9. The van der Waals surface area contributed by atoms with E-state index >= 15 is 0 Å². The molecule has 1 aromatic rings. The van der Waals surface area contributed by atoms with Gasteiger partial charge in [0.05, 0.1) is 23.7 Å². The number of aliphatic hydroxyl groups excluding tert-OH is 2. The lowest BCUT2D eigenvalue weighted by molar-refractivity contribution is -0.175. The van der Waals surface area contributed by atoms with Gasteiger partial charge in [0.15, 0.2) is 0 Å². The minimum atomic E-state index is -1.06. The summed E-state index contributed by atoms with van der Waals surface area (Å²) < 4.78 is 10.4. The number of hydroxylamine groups is 1. The molecule has 4 aliphatic rings. The monoisotopic (exact) mass is 685 g/mol. The van der Waals surface area contributed by atoms with E-state index in [2.05, 4.69) is 20.8 Å². The topological polar surface area (TPSA) is 180 Å². The molecule has 0 radical (unpaired) electrons. The van der Waals surface area contributed by atoms with E-state index in [9.17, 15) is 34.5 Å². The maximum Gasteiger partial charge on any atom is 0.340 e. The van der Waals surface area contributed by atoms with Crippen LogP contribution >= 0.6 is 0 Å². The first-order valence-electron chi connectivity index (χ1n) is 18.2. The van der Waals surface area contributed by atoms with Gasteiger partial charge in [-0.2, -0.15) is 0 Å². The molecule has 49 heavy (non-hydrogen) atoms. The summed E-state index contributed by atoms with van der Waals surface area (Å²) in [5, 5.41) is 40.2. The maximum absolute atomic E-state index is 12.6. The number of benzene rings is 1. The molecule has 11 heteroatoms. The van der Waals surface area contributed by atoms with Crippen LogP contribution in [0.2, 0.25) is 0 Å². The average Bonchev–Trinajstić information content (AvgIpc) is 3.44. The highest BCUT2D eigenvalue weighted by Crippen LogP contribution is 2.68. The van der Waals surface area contributed by atoms with Crippen molar-refractivity contribution in [2.45, 2.75) is 116 Å². The zero-order chi connectivity index (χ0) is 35.5. The third kappa shape index (κ3) is 7.84. The Balaban J connectivity index is 1.06. The van der Waals surface area contributed by atoms with Crippen LogP contribution < -0.4 is 5.48 Å². The van der Waals surface area contributed by atoms with Gasteiger partial charge in [-0.25, -0.2) is 10.3 Å². The molecular formula is C38H55NO10. The summed E-state index contributed by atoms with van der Waals surface area (Å²) in [6.45, 7) is 6.39. The number of fused-ring (bicyclic) bond motifs is 5. The number of hydrogen-bond donors (Lipinski definition) is 5. The zero-order valence-electron chi connectivity index (χ0n) is 29.1. The molecule has 0 heterocycles. The summed E-state index contributed by atoms with van der Waals surface area (Å²) in [7, 11) is 0. The van der Waals surface area contributed by atoms with E-state index in [1.807, 2.05) is 0 Å². The number of carbonyl (C=O) groups excluding carboxylic acids is 3. The predicted octanol–water partition coefficient (Wildman–Crippen LogP) is 5.28. The Morgan fingerprint density at radius 3 is 2.35 bits per heavy atom. The summed E-state index contributed by atoms with van der Waals surface area (Å²) in [5.41, 5.74) is 2.38. The van der Waals surface area contributed by atoms with Crippen molar-refractivity contribution in [1.82, 2.24) is 5.48 Å². The van der Waals surface area contributed by atoms with Crippen molar-refractivity contribution in [3.8, 4) is 0 Å². The summed E-state index contributed by atoms with van der Waals surface area (Å²) >= 11 is 0. The lowest BCUT2D eigenvalue weighted by Crippen LogP contribution is -2.58. The molecule has 11 atom stereocenters. The number of rotatable bonds is 13. The molecule has 0 aromatic heterocycles. The number of aliphatic hydroxyl groups is 2. The molecule has 1 amide bonds. The molecule has 5 unspecified atom stereocenters. The van der Waals surface area contributed by atoms with Crippen molar-refractivity contribution in [3.63, 3.8) is 0 Å². The second kappa shape index (κ2) is 15.5. The van der Waals surface area contributed by atoms with Gasteiger partial charge in [-0.05, 0) is 135 Å². The van der Waals surface area contributed by atoms with Gasteiger partial charge in [0.25, 0.3) is 0 Å². The first-order valence-corrected chi connectivity index (χ1v) is 18.2. The van der Waals surface area contributed by atoms with Crippen LogP contribution in [-0.4, -0.2) is 63.3 Å². The van der Waals surface area contributed by atoms with E-state index in [1.54, 1.807) is 12.1 Å². The molecule has 11 nitrogen and oxygen atoms in total. The number of carbonyl (C=O) groups is 4. The van der Waals surface area contributed by atoms with E-state index < -0.39 is 36.5 Å². The van der Waals surface area contributed by atoms with Gasteiger partial charge in [0.1, 0.15) is 0 Å². The minimum Gasteiger partial charge on any atom is -0.481 e. The summed E-state index contributed by atoms with van der Waals surface area (Å²) in [6.07, 6.45) is 8.46. The largest absolute Gasteiger partial charge is 0.481 e. The molecule has 0 spiro atoms. The molecule has 4 fully saturated rings. The van der Waals surface area contributed by atoms with Gasteiger partial charge >= 0.3 is 17.9 Å². The summed E-state index contributed by atoms with van der Waals surface area (Å²) in [5.74, 6) is -1.03. The van der Waals surface area contributed by atoms with Crippen LogP contribution in [0.1, 0.15) is 114 Å². The highest BCUT2D eigenvalue weighted by Gasteiger charge is 2.63. The van der Waals surface area contributed by atoms with E-state index in [0.717, 1.165) is 38.5 Å². The van der Waals surface area contributed by atoms with E-state index in [0.29, 0.717) is 41.6 Å². The number of esters is 2. The standard InChI is InChI=1S/C38H55NO10/c1-22(29-12-13-30-28-11-10-26-19-27(40)16-17-37(26,2)31(28)20-32(41)38(29,30)3)4-15-34(43)48-21-49-36(46)24-7-5-23(6-8-24)18-25(35(44)45)9-14-33(42)39-47/h5-8,22,25-32,40-41,47H,4,9-21H2,1-3H3,(H,39,42)(H,44,45)/t22-,25?,26-,27-,28?,29?,30?,31?,32+,37+,38-/m1/s1. The number of nitrogens with one attached hydrogen (secondary N) is 1. The normalized spacial score (nSPS) is 34.8. The molecule has 4 saturated carbocycles. The van der Waals surface area contributed by atoms with Crippen LogP contribution in [0.25, 0.3) is 0 Å². The quantitative estimate of drug-likeness (QED) is 0.0794. The molecule has 0 saturated heterocycles. The third-order valence-corrected chi connectivity index (χ3v) is 13.6. The second-order valence-corrected chi connectivity index (χ2v) is 16.0. The van der Waals surface area contributed by atoms with Crippen LogP contribution in [0.4, 0.5) is 0 Å². The summed E-state index contributed by atoms with van der Waals surface area (Å²) in [6, 6.07) is 6.22. The molecule has 0 aliphatic heterocycles. The highest BCUT2D eigenvalue weighted by molar-refractivity contribution is 5.89. The van der Waals surface area contributed by atoms with Crippen molar-refractivity contribution in [3.05, 3.63) is 35.4 Å². The number of aliphatic carboxylic acids is 1. The molecular weight excluding hydrogens is 630 g/mol. The van der Waals surface area contributed by atoms with Crippen molar-refractivity contribution < 1.29 is 49.2 Å². The van der Waals surface area contributed by atoms with Crippen molar-refractivity contribution in [2.24, 2.45) is 52.3 Å². The first kappa shape index (κ1) is 37.2. The van der Waals surface area contributed by atoms with Gasteiger partial charge in [-0.1, -0.05) is 32.9 Å². The van der Waals surface area contributed by atoms with E-state index in [1.165, 1.54) is 30.5 Å². The molecule has 272 valence electrons. The predicted molar refractivity (Wildman–Crippen MR) is 178 cm³/mol. The highest BCUT2D eigenvalue weighted by atomic mass is 16.7. The fourth-order valence-electron chi connectivity index (χ4n) is 10.7. The van der Waals surface area contributed by atoms with Crippen molar-refractivity contribution >= 4 is 23.8 Å². The number of carboxylic acid groups (broad SMARTS) is 1. The van der Waals surface area contributed by atoms with Crippen molar-refractivity contribution in [1.29, 1.82) is 0 Å². The lowest BCUT2D eigenvalue weighted by Gasteiger charge is -2.62. The van der Waals surface area contributed by atoms with Gasteiger partial charge in [0, 0.05) is 12.8 Å². The first-order chi connectivity index (χ1) is 23.3. The van der Waals surface area contributed by atoms with Crippen LogP contribution in [0.3, 0.4) is 0 Å². The molecule has 4 aliphatic carbocycles. The smallest absolute Gasteiger partial charge is 0.340 e. The fourth-order valence-corrected chi connectivity index (χ4v) is 10.7. The van der Waals surface area contributed by atoms with Crippen LogP contribution in [0, 0.1) is 52.3 Å². The van der Waals surface area contributed by atoms with Gasteiger partial charge < -0.3 is 24.8 Å². The SMILES string of the molecule is C[C@H](CCC(=O)OCOC(=O)c1ccc(CC(CCC(=O)NO)C(=O)O)cc1)C1CCC2C3CC[C@@H]4C[C@H](O)CC[C@]4(C)C3C[C@H](O)[C@@]21C. The average molecular weight is 686 g/mol. The molecule has 5 N–H and O–H groups in total. The Labute approximate surface area is 289 Å². The van der Waals surface area contributed by atoms with Gasteiger partial charge in [-0.15, -0.1) is 0 Å². The van der Waals surface area contributed by atoms with Crippen LogP contribution in [-0.2, 0) is 30.3 Å². The number of amides is 1.